The minimum absolute atomic E-state index is 0.429. The molecule has 0 amide bonds. The van der Waals surface area contributed by atoms with Gasteiger partial charge in [-0.15, -0.1) is 0 Å². The molecular formula is C26H34N6O2S. The Morgan fingerprint density at radius 3 is 2.57 bits per heavy atom. The fraction of sp³-hybridized carbons (Fsp3) is 0.423. The van der Waals surface area contributed by atoms with Crippen molar-refractivity contribution >= 4 is 39.7 Å². The van der Waals surface area contributed by atoms with Gasteiger partial charge < -0.3 is 20.5 Å². The fourth-order valence-electron chi connectivity index (χ4n) is 4.50. The molecule has 1 fully saturated rings. The molecule has 1 saturated carbocycles. The first kappa shape index (κ1) is 25.4. The van der Waals surface area contributed by atoms with Crippen molar-refractivity contribution in [2.45, 2.75) is 56.8 Å². The van der Waals surface area contributed by atoms with Gasteiger partial charge in [0, 0.05) is 24.0 Å². The van der Waals surface area contributed by atoms with Gasteiger partial charge in [-0.25, -0.2) is 19.3 Å². The van der Waals surface area contributed by atoms with Crippen molar-refractivity contribution < 1.29 is 10.2 Å². The summed E-state index contributed by atoms with van der Waals surface area (Å²) in [6, 6.07) is 15.7. The molecule has 35 heavy (non-hydrogen) atoms. The van der Waals surface area contributed by atoms with E-state index in [9.17, 15) is 0 Å². The molecule has 0 aliphatic heterocycles. The molecular weight excluding hydrogens is 460 g/mol. The zero-order valence-electron chi connectivity index (χ0n) is 20.5. The molecule has 0 saturated heterocycles. The van der Waals surface area contributed by atoms with E-state index in [1.807, 2.05) is 18.3 Å². The third-order valence-corrected chi connectivity index (χ3v) is 7.19. The van der Waals surface area contributed by atoms with Gasteiger partial charge in [0.1, 0.15) is 11.8 Å². The molecule has 2 unspecified atom stereocenters. The van der Waals surface area contributed by atoms with Crippen molar-refractivity contribution in [1.29, 1.82) is 0 Å². The maximum atomic E-state index is 8.08. The van der Waals surface area contributed by atoms with Crippen molar-refractivity contribution in [2.75, 3.05) is 18.8 Å². The van der Waals surface area contributed by atoms with Gasteiger partial charge >= 0.3 is 0 Å². The first-order chi connectivity index (χ1) is 16.7. The van der Waals surface area contributed by atoms with Gasteiger partial charge in [0.2, 0.25) is 0 Å². The zero-order valence-corrected chi connectivity index (χ0v) is 21.3. The Balaban J connectivity index is 0.000000527. The molecule has 186 valence electrons. The highest BCUT2D eigenvalue weighted by atomic mass is 32.2. The first-order valence-electron chi connectivity index (χ1n) is 12.0. The summed E-state index contributed by atoms with van der Waals surface area (Å²) in [7, 11) is 0. The lowest BCUT2D eigenvalue weighted by Crippen LogP contribution is -2.22. The molecule has 0 bridgehead atoms. The van der Waals surface area contributed by atoms with Crippen molar-refractivity contribution in [3.05, 3.63) is 55.1 Å². The van der Waals surface area contributed by atoms with Crippen molar-refractivity contribution in [1.82, 2.24) is 23.8 Å². The van der Waals surface area contributed by atoms with Crippen LogP contribution in [0.5, 0.6) is 0 Å². The van der Waals surface area contributed by atoms with Crippen LogP contribution in [0.4, 0.5) is 5.82 Å². The number of benzene rings is 2. The van der Waals surface area contributed by atoms with Gasteiger partial charge in [-0.3, -0.25) is 0 Å². The van der Waals surface area contributed by atoms with Crippen LogP contribution in [0.15, 0.2) is 60.0 Å². The number of nitrogens with two attached hydrogens (primary N) is 1. The topological polar surface area (TPSA) is 113 Å². The van der Waals surface area contributed by atoms with Crippen LogP contribution in [0.1, 0.15) is 46.1 Å². The molecule has 8 nitrogen and oxygen atoms in total. The largest absolute Gasteiger partial charge is 0.382 e. The Morgan fingerprint density at radius 2 is 1.83 bits per heavy atom. The van der Waals surface area contributed by atoms with E-state index in [2.05, 4.69) is 73.2 Å². The Labute approximate surface area is 210 Å². The highest BCUT2D eigenvalue weighted by Gasteiger charge is 2.29. The second-order valence-electron chi connectivity index (χ2n) is 9.49. The van der Waals surface area contributed by atoms with Crippen molar-refractivity contribution in [3.63, 3.8) is 0 Å². The summed E-state index contributed by atoms with van der Waals surface area (Å²) >= 11 is 1.87. The van der Waals surface area contributed by atoms with Crippen LogP contribution < -0.4 is 5.73 Å². The second-order valence-corrected chi connectivity index (χ2v) is 10.7. The number of rotatable bonds is 6. The number of anilines is 1. The van der Waals surface area contributed by atoms with Crippen LogP contribution in [-0.2, 0) is 0 Å². The summed E-state index contributed by atoms with van der Waals surface area (Å²) in [5.74, 6) is -0.378. The molecule has 1 aliphatic carbocycles. The number of nitrogens with zero attached hydrogens (tertiary/aromatic N) is 5. The van der Waals surface area contributed by atoms with E-state index in [1.165, 1.54) is 42.3 Å². The van der Waals surface area contributed by atoms with Gasteiger partial charge in [0.05, 0.1) is 6.33 Å². The number of nitrogen functional groups attached to an aromatic ring is 1. The highest BCUT2D eigenvalue weighted by Crippen LogP contribution is 2.38. The molecule has 4 N–H and O–H groups in total. The summed E-state index contributed by atoms with van der Waals surface area (Å²) in [5, 5.41) is 18.7. The summed E-state index contributed by atoms with van der Waals surface area (Å²) in [6.07, 6.45) is 6.92. The number of imidazole rings is 1. The monoisotopic (exact) mass is 494 g/mol. The van der Waals surface area contributed by atoms with E-state index >= 15 is 0 Å². The predicted molar refractivity (Wildman–Crippen MR) is 142 cm³/mol. The Morgan fingerprint density at radius 1 is 1.09 bits per heavy atom. The standard InChI is InChI=1S/C23H26N6S.C3H8O2/c1-2-28(30-20-10-8-17-5-3-4-6-18(17)12-20)13-16-7-9-19(11-16)29-15-27-21-22(24)25-14-26-23(21)29;1-3(2,4)5/h3-6,8,10,12,14-16,19H,2,7,9,11,13H2,1H3,(H2,24,25,26);4-5H,1-2H3. The van der Waals surface area contributed by atoms with E-state index in [-0.39, 0.29) is 0 Å². The Bertz CT molecular complexity index is 1270. The summed E-state index contributed by atoms with van der Waals surface area (Å²) in [4.78, 5) is 14.2. The van der Waals surface area contributed by atoms with Crippen LogP contribution in [0, 0.1) is 5.92 Å². The number of hydrogen-bond donors (Lipinski definition) is 3. The first-order valence-corrected chi connectivity index (χ1v) is 12.8. The predicted octanol–water partition coefficient (Wildman–Crippen LogP) is 4.64. The van der Waals surface area contributed by atoms with Crippen molar-refractivity contribution in [3.8, 4) is 0 Å². The normalized spacial score (nSPS) is 18.2. The number of hydrogen-bond acceptors (Lipinski definition) is 8. The molecule has 2 heterocycles. The molecule has 2 aromatic heterocycles. The third-order valence-electron chi connectivity index (χ3n) is 6.06. The molecule has 1 aliphatic rings. The van der Waals surface area contributed by atoms with Crippen LogP contribution >= 0.6 is 11.9 Å². The molecule has 4 aromatic rings. The lowest BCUT2D eigenvalue weighted by molar-refractivity contribution is -0.127. The lowest BCUT2D eigenvalue weighted by Gasteiger charge is -2.23. The average molecular weight is 495 g/mol. The second kappa shape index (κ2) is 10.9. The zero-order chi connectivity index (χ0) is 25.0. The van der Waals surface area contributed by atoms with E-state index < -0.39 is 5.79 Å². The van der Waals surface area contributed by atoms with Crippen molar-refractivity contribution in [2.24, 2.45) is 5.92 Å². The summed E-state index contributed by atoms with van der Waals surface area (Å²) in [6.45, 7) is 6.95. The summed E-state index contributed by atoms with van der Waals surface area (Å²) < 4.78 is 4.68. The Hall–Kier alpha value is -2.72. The lowest BCUT2D eigenvalue weighted by atomic mass is 10.1. The number of fused-ring (bicyclic) bond motifs is 2. The minimum atomic E-state index is -1.50. The van der Waals surface area contributed by atoms with Crippen LogP contribution in [0.2, 0.25) is 0 Å². The summed E-state index contributed by atoms with van der Waals surface area (Å²) in [5.41, 5.74) is 7.51. The van der Waals surface area contributed by atoms with E-state index in [1.54, 1.807) is 0 Å². The van der Waals surface area contributed by atoms with E-state index in [0.29, 0.717) is 23.3 Å². The molecule has 0 radical (unpaired) electrons. The molecule has 5 rings (SSSR count). The SMILES string of the molecule is CC(C)(O)O.CCN(CC1CCC(n2cnc3c(N)ncnc32)C1)Sc1ccc2ccccc2c1. The van der Waals surface area contributed by atoms with Gasteiger partial charge in [0.25, 0.3) is 0 Å². The molecule has 9 heteroatoms. The number of aliphatic hydroxyl groups is 2. The quantitative estimate of drug-likeness (QED) is 0.262. The fourth-order valence-corrected chi connectivity index (χ4v) is 5.52. The van der Waals surface area contributed by atoms with E-state index in [4.69, 9.17) is 15.9 Å². The van der Waals surface area contributed by atoms with Gasteiger partial charge in [0.15, 0.2) is 17.3 Å². The maximum absolute atomic E-state index is 8.08. The highest BCUT2D eigenvalue weighted by molar-refractivity contribution is 7.97. The van der Waals surface area contributed by atoms with Crippen LogP contribution in [-0.4, -0.2) is 52.9 Å². The van der Waals surface area contributed by atoms with Crippen LogP contribution in [0.25, 0.3) is 21.9 Å². The molecule has 2 aromatic carbocycles. The molecule has 0 spiro atoms. The van der Waals surface area contributed by atoms with Gasteiger partial charge in [-0.05, 0) is 73.9 Å². The maximum Gasteiger partial charge on any atom is 0.165 e. The third kappa shape index (κ3) is 6.70. The van der Waals surface area contributed by atoms with Crippen LogP contribution in [0.3, 0.4) is 0 Å². The molecule has 2 atom stereocenters. The van der Waals surface area contributed by atoms with Gasteiger partial charge in [-0.1, -0.05) is 37.3 Å². The smallest absolute Gasteiger partial charge is 0.165 e. The van der Waals surface area contributed by atoms with Gasteiger partial charge in [-0.2, -0.15) is 0 Å². The minimum Gasteiger partial charge on any atom is -0.382 e. The van der Waals surface area contributed by atoms with E-state index in [0.717, 1.165) is 31.6 Å². The average Bonchev–Trinajstić information content (AvgIpc) is 3.45. The Kier molecular flexibility index (Phi) is 7.91. The number of aromatic nitrogens is 4.